The number of nitrogens with two attached hydrogens (primary N) is 1. The molecule has 0 aliphatic rings. The lowest BCUT2D eigenvalue weighted by molar-refractivity contribution is 0.478. The SMILES string of the molecule is Cc1c(F)cc(N)cc1S(=O)(=O)NC(C)Cc1ccco1. The summed E-state index contributed by atoms with van der Waals surface area (Å²) in [6.07, 6.45) is 1.92. The molecule has 1 atom stereocenters. The molecule has 5 nitrogen and oxygen atoms in total. The average Bonchev–Trinajstić information content (AvgIpc) is 2.85. The van der Waals surface area contributed by atoms with Crippen LogP contribution in [0.3, 0.4) is 0 Å². The Labute approximate surface area is 123 Å². The number of rotatable bonds is 5. The highest BCUT2D eigenvalue weighted by Gasteiger charge is 2.22. The lowest BCUT2D eigenvalue weighted by Gasteiger charge is -2.15. The summed E-state index contributed by atoms with van der Waals surface area (Å²) in [4.78, 5) is -0.147. The molecule has 0 aliphatic heterocycles. The normalized spacial score (nSPS) is 13.3. The first-order valence-corrected chi connectivity index (χ1v) is 7.88. The van der Waals surface area contributed by atoms with E-state index in [1.807, 2.05) is 0 Å². The van der Waals surface area contributed by atoms with Crippen LogP contribution < -0.4 is 10.5 Å². The monoisotopic (exact) mass is 312 g/mol. The van der Waals surface area contributed by atoms with Crippen molar-refractivity contribution >= 4 is 15.7 Å². The van der Waals surface area contributed by atoms with Gasteiger partial charge in [-0.25, -0.2) is 17.5 Å². The molecule has 2 rings (SSSR count). The lowest BCUT2D eigenvalue weighted by atomic mass is 10.2. The molecule has 114 valence electrons. The average molecular weight is 312 g/mol. The fourth-order valence-electron chi connectivity index (χ4n) is 2.05. The predicted octanol–water partition coefficient (Wildman–Crippen LogP) is 2.22. The summed E-state index contributed by atoms with van der Waals surface area (Å²) < 4.78 is 46.0. The van der Waals surface area contributed by atoms with Crippen molar-refractivity contribution in [3.63, 3.8) is 0 Å². The first-order chi connectivity index (χ1) is 9.79. The van der Waals surface area contributed by atoms with E-state index in [-0.39, 0.29) is 16.1 Å². The first-order valence-electron chi connectivity index (χ1n) is 6.40. The molecule has 2 aromatic rings. The Morgan fingerprint density at radius 3 is 2.76 bits per heavy atom. The van der Waals surface area contributed by atoms with Gasteiger partial charge in [-0.15, -0.1) is 0 Å². The van der Waals surface area contributed by atoms with Gasteiger partial charge in [-0.1, -0.05) is 0 Å². The van der Waals surface area contributed by atoms with E-state index in [2.05, 4.69) is 4.72 Å². The number of anilines is 1. The molecule has 0 radical (unpaired) electrons. The van der Waals surface area contributed by atoms with Crippen molar-refractivity contribution in [2.45, 2.75) is 31.2 Å². The van der Waals surface area contributed by atoms with Gasteiger partial charge in [0.1, 0.15) is 11.6 Å². The van der Waals surface area contributed by atoms with Gasteiger partial charge in [0.2, 0.25) is 10.0 Å². The molecular formula is C14H17FN2O3S. The highest BCUT2D eigenvalue weighted by molar-refractivity contribution is 7.89. The quantitative estimate of drug-likeness (QED) is 0.829. The van der Waals surface area contributed by atoms with E-state index in [4.69, 9.17) is 10.2 Å². The van der Waals surface area contributed by atoms with Gasteiger partial charge in [0.25, 0.3) is 0 Å². The largest absolute Gasteiger partial charge is 0.469 e. The smallest absolute Gasteiger partial charge is 0.241 e. The summed E-state index contributed by atoms with van der Waals surface area (Å²) in [6.45, 7) is 3.11. The second kappa shape index (κ2) is 5.87. The number of hydrogen-bond donors (Lipinski definition) is 2. The van der Waals surface area contributed by atoms with E-state index in [1.165, 1.54) is 19.3 Å². The highest BCUT2D eigenvalue weighted by atomic mass is 32.2. The van der Waals surface area contributed by atoms with Gasteiger partial charge in [-0.3, -0.25) is 0 Å². The summed E-state index contributed by atoms with van der Waals surface area (Å²) in [5, 5.41) is 0. The van der Waals surface area contributed by atoms with Gasteiger partial charge in [-0.2, -0.15) is 0 Å². The second-order valence-electron chi connectivity index (χ2n) is 4.93. The molecule has 1 aromatic heterocycles. The van der Waals surface area contributed by atoms with Crippen LogP contribution in [0.25, 0.3) is 0 Å². The second-order valence-corrected chi connectivity index (χ2v) is 6.61. The number of benzene rings is 1. The minimum Gasteiger partial charge on any atom is -0.469 e. The molecule has 0 aliphatic carbocycles. The number of sulfonamides is 1. The Balaban J connectivity index is 2.22. The predicted molar refractivity (Wildman–Crippen MR) is 77.7 cm³/mol. The maximum Gasteiger partial charge on any atom is 0.241 e. The Bertz CT molecular complexity index is 727. The fourth-order valence-corrected chi connectivity index (χ4v) is 3.59. The molecule has 1 unspecified atom stereocenters. The maximum atomic E-state index is 13.6. The Hall–Kier alpha value is -1.86. The van der Waals surface area contributed by atoms with Crippen molar-refractivity contribution in [1.82, 2.24) is 4.72 Å². The van der Waals surface area contributed by atoms with Crippen LogP contribution in [0.15, 0.2) is 39.8 Å². The molecular weight excluding hydrogens is 295 g/mol. The third-order valence-electron chi connectivity index (χ3n) is 3.05. The van der Waals surface area contributed by atoms with E-state index in [9.17, 15) is 12.8 Å². The van der Waals surface area contributed by atoms with Crippen LogP contribution in [0.4, 0.5) is 10.1 Å². The van der Waals surface area contributed by atoms with Crippen molar-refractivity contribution in [3.05, 3.63) is 47.7 Å². The topological polar surface area (TPSA) is 85.3 Å². The van der Waals surface area contributed by atoms with Crippen LogP contribution in [0, 0.1) is 12.7 Å². The summed E-state index contributed by atoms with van der Waals surface area (Å²) in [5.41, 5.74) is 5.63. The van der Waals surface area contributed by atoms with Crippen molar-refractivity contribution in [3.8, 4) is 0 Å². The van der Waals surface area contributed by atoms with Crippen LogP contribution >= 0.6 is 0 Å². The van der Waals surface area contributed by atoms with Crippen molar-refractivity contribution in [2.75, 3.05) is 5.73 Å². The van der Waals surface area contributed by atoms with E-state index >= 15 is 0 Å². The molecule has 0 bridgehead atoms. The molecule has 1 aromatic carbocycles. The van der Waals surface area contributed by atoms with E-state index in [0.29, 0.717) is 12.2 Å². The Morgan fingerprint density at radius 2 is 2.14 bits per heavy atom. The molecule has 1 heterocycles. The summed E-state index contributed by atoms with van der Waals surface area (Å²) in [5.74, 6) is 0.0229. The lowest BCUT2D eigenvalue weighted by Crippen LogP contribution is -2.34. The standard InChI is InChI=1S/C14H17FN2O3S/c1-9(6-12-4-3-5-20-12)17-21(18,19)14-8-11(16)7-13(15)10(14)2/h3-5,7-9,17H,6,16H2,1-2H3. The van der Waals surface area contributed by atoms with Crippen LogP contribution in [0.1, 0.15) is 18.2 Å². The Kier molecular flexibility index (Phi) is 4.34. The zero-order chi connectivity index (χ0) is 15.6. The van der Waals surface area contributed by atoms with E-state index in [0.717, 1.165) is 6.07 Å². The first kappa shape index (κ1) is 15.5. The Morgan fingerprint density at radius 1 is 1.43 bits per heavy atom. The molecule has 3 N–H and O–H groups in total. The minimum atomic E-state index is -3.85. The zero-order valence-corrected chi connectivity index (χ0v) is 12.6. The van der Waals surface area contributed by atoms with Crippen LogP contribution in [0.5, 0.6) is 0 Å². The third kappa shape index (κ3) is 3.62. The van der Waals surface area contributed by atoms with Gasteiger partial charge in [0, 0.05) is 23.7 Å². The van der Waals surface area contributed by atoms with Crippen molar-refractivity contribution in [2.24, 2.45) is 0 Å². The molecule has 0 saturated heterocycles. The molecule has 0 fully saturated rings. The highest BCUT2D eigenvalue weighted by Crippen LogP contribution is 2.22. The van der Waals surface area contributed by atoms with Gasteiger partial charge in [-0.05, 0) is 38.1 Å². The van der Waals surface area contributed by atoms with Crippen molar-refractivity contribution < 1.29 is 17.2 Å². The number of halogens is 1. The fraction of sp³-hybridized carbons (Fsp3) is 0.286. The number of furan rings is 1. The van der Waals surface area contributed by atoms with Gasteiger partial charge in [0.05, 0.1) is 11.2 Å². The molecule has 0 spiro atoms. The number of nitrogen functional groups attached to an aromatic ring is 1. The van der Waals surface area contributed by atoms with Crippen LogP contribution in [-0.4, -0.2) is 14.5 Å². The van der Waals surface area contributed by atoms with Gasteiger partial charge >= 0.3 is 0 Å². The molecule has 21 heavy (non-hydrogen) atoms. The van der Waals surface area contributed by atoms with Gasteiger partial charge in [0.15, 0.2) is 0 Å². The molecule has 0 saturated carbocycles. The van der Waals surface area contributed by atoms with Crippen LogP contribution in [-0.2, 0) is 16.4 Å². The molecule has 7 heteroatoms. The van der Waals surface area contributed by atoms with Crippen molar-refractivity contribution in [1.29, 1.82) is 0 Å². The number of hydrogen-bond acceptors (Lipinski definition) is 4. The maximum absolute atomic E-state index is 13.6. The number of nitrogens with one attached hydrogen (secondary N) is 1. The van der Waals surface area contributed by atoms with Gasteiger partial charge < -0.3 is 10.2 Å². The zero-order valence-electron chi connectivity index (χ0n) is 11.8. The van der Waals surface area contributed by atoms with E-state index < -0.39 is 21.9 Å². The summed E-state index contributed by atoms with van der Waals surface area (Å²) >= 11 is 0. The minimum absolute atomic E-state index is 0.0434. The van der Waals surface area contributed by atoms with Crippen LogP contribution in [0.2, 0.25) is 0 Å². The van der Waals surface area contributed by atoms with E-state index in [1.54, 1.807) is 19.1 Å². The summed E-state index contributed by atoms with van der Waals surface area (Å²) in [7, 11) is -3.85. The molecule has 0 amide bonds. The summed E-state index contributed by atoms with van der Waals surface area (Å²) in [6, 6.07) is 5.44. The third-order valence-corrected chi connectivity index (χ3v) is 4.77.